The third-order valence-corrected chi connectivity index (χ3v) is 3.92. The average molecular weight is 304 g/mol. The van der Waals surface area contributed by atoms with Crippen LogP contribution in [-0.2, 0) is 18.9 Å². The van der Waals surface area contributed by atoms with Crippen LogP contribution in [-0.4, -0.2) is 56.6 Å². The van der Waals surface area contributed by atoms with Crippen molar-refractivity contribution >= 4 is 0 Å². The molecule has 5 heteroatoms. The Labute approximate surface area is 128 Å². The molecule has 1 N–H and O–H groups in total. The number of hydrogen-bond acceptors (Lipinski definition) is 5. The molecule has 0 aromatic rings. The Morgan fingerprint density at radius 1 is 1.00 bits per heavy atom. The molecule has 0 aromatic heterocycles. The largest absolute Gasteiger partial charge is 0.382 e. The van der Waals surface area contributed by atoms with Gasteiger partial charge in [-0.15, -0.1) is 0 Å². The normalized spacial score (nSPS) is 33.3. The third kappa shape index (κ3) is 5.83. The van der Waals surface area contributed by atoms with E-state index in [0.717, 1.165) is 25.7 Å². The highest BCUT2D eigenvalue weighted by Gasteiger charge is 2.44. The summed E-state index contributed by atoms with van der Waals surface area (Å²) in [6.07, 6.45) is 2.73. The summed E-state index contributed by atoms with van der Waals surface area (Å²) in [7, 11) is 1.63. The van der Waals surface area contributed by atoms with Crippen molar-refractivity contribution < 1.29 is 24.1 Å². The van der Waals surface area contributed by atoms with Crippen LogP contribution in [0.3, 0.4) is 0 Å². The van der Waals surface area contributed by atoms with E-state index in [0.29, 0.717) is 19.8 Å². The van der Waals surface area contributed by atoms with Crippen LogP contribution in [0.2, 0.25) is 0 Å². The summed E-state index contributed by atoms with van der Waals surface area (Å²) < 4.78 is 22.9. The van der Waals surface area contributed by atoms with Gasteiger partial charge in [0.05, 0.1) is 12.7 Å². The van der Waals surface area contributed by atoms with Crippen LogP contribution < -0.4 is 0 Å². The van der Waals surface area contributed by atoms with Crippen molar-refractivity contribution in [2.24, 2.45) is 5.92 Å². The third-order valence-electron chi connectivity index (χ3n) is 3.92. The van der Waals surface area contributed by atoms with Gasteiger partial charge in [0, 0.05) is 26.2 Å². The van der Waals surface area contributed by atoms with Gasteiger partial charge in [0.2, 0.25) is 0 Å². The van der Waals surface area contributed by atoms with Crippen molar-refractivity contribution in [3.05, 3.63) is 0 Å². The van der Waals surface area contributed by atoms with Crippen molar-refractivity contribution in [1.29, 1.82) is 0 Å². The van der Waals surface area contributed by atoms with Crippen LogP contribution in [0.25, 0.3) is 0 Å². The van der Waals surface area contributed by atoms with Gasteiger partial charge in [0.15, 0.2) is 6.29 Å². The average Bonchev–Trinajstić information content (AvgIpc) is 2.47. The molecule has 0 spiro atoms. The van der Waals surface area contributed by atoms with Crippen molar-refractivity contribution in [2.45, 2.75) is 71.1 Å². The molecule has 1 aliphatic rings. The lowest BCUT2D eigenvalue weighted by molar-refractivity contribution is -0.284. The molecule has 5 nitrogen and oxygen atoms in total. The molecule has 0 radical (unpaired) electrons. The summed E-state index contributed by atoms with van der Waals surface area (Å²) in [5, 5.41) is 10.1. The number of aliphatic hydroxyl groups is 1. The molecule has 21 heavy (non-hydrogen) atoms. The van der Waals surface area contributed by atoms with Crippen LogP contribution in [0, 0.1) is 5.92 Å². The molecule has 1 aliphatic heterocycles. The molecule has 0 saturated carbocycles. The molecule has 0 aliphatic carbocycles. The molecule has 0 bridgehead atoms. The van der Waals surface area contributed by atoms with Crippen LogP contribution >= 0.6 is 0 Å². The lowest BCUT2D eigenvalue weighted by Crippen LogP contribution is -2.57. The fourth-order valence-electron chi connectivity index (χ4n) is 2.53. The van der Waals surface area contributed by atoms with E-state index in [1.807, 2.05) is 6.92 Å². The minimum absolute atomic E-state index is 0.110. The number of ether oxygens (including phenoxy) is 4. The van der Waals surface area contributed by atoms with Crippen molar-refractivity contribution in [3.8, 4) is 0 Å². The highest BCUT2D eigenvalue weighted by molar-refractivity contribution is 4.89. The Morgan fingerprint density at radius 2 is 1.57 bits per heavy atom. The van der Waals surface area contributed by atoms with E-state index < -0.39 is 6.29 Å². The van der Waals surface area contributed by atoms with Crippen molar-refractivity contribution in [1.82, 2.24) is 0 Å². The van der Waals surface area contributed by atoms with E-state index >= 15 is 0 Å². The maximum atomic E-state index is 10.1. The SMILES string of the molecule is CCCCOC1C(COC)OC(O)C(C)C1OCCCC. The van der Waals surface area contributed by atoms with Crippen LogP contribution in [0.1, 0.15) is 46.5 Å². The van der Waals surface area contributed by atoms with Gasteiger partial charge < -0.3 is 24.1 Å². The van der Waals surface area contributed by atoms with Gasteiger partial charge in [-0.2, -0.15) is 0 Å². The monoisotopic (exact) mass is 304 g/mol. The van der Waals surface area contributed by atoms with Crippen LogP contribution in [0.5, 0.6) is 0 Å². The van der Waals surface area contributed by atoms with Gasteiger partial charge in [-0.25, -0.2) is 0 Å². The van der Waals surface area contributed by atoms with Gasteiger partial charge in [0.1, 0.15) is 12.2 Å². The molecular weight excluding hydrogens is 272 g/mol. The van der Waals surface area contributed by atoms with E-state index in [1.165, 1.54) is 0 Å². The number of aliphatic hydroxyl groups excluding tert-OH is 1. The molecule has 1 rings (SSSR count). The van der Waals surface area contributed by atoms with E-state index in [2.05, 4.69) is 13.8 Å². The predicted octanol–water partition coefficient (Wildman–Crippen LogP) is 2.36. The van der Waals surface area contributed by atoms with Gasteiger partial charge in [-0.05, 0) is 12.8 Å². The first-order valence-electron chi connectivity index (χ1n) is 8.21. The second kappa shape index (κ2) is 10.5. The maximum Gasteiger partial charge on any atom is 0.160 e. The first-order valence-corrected chi connectivity index (χ1v) is 8.21. The molecule has 5 unspecified atom stereocenters. The lowest BCUT2D eigenvalue weighted by atomic mass is 9.92. The fraction of sp³-hybridized carbons (Fsp3) is 1.00. The Bertz CT molecular complexity index is 261. The van der Waals surface area contributed by atoms with E-state index in [-0.39, 0.29) is 24.2 Å². The summed E-state index contributed by atoms with van der Waals surface area (Å²) >= 11 is 0. The summed E-state index contributed by atoms with van der Waals surface area (Å²) in [5.74, 6) is -0.110. The molecule has 0 aromatic carbocycles. The Hall–Kier alpha value is -0.200. The second-order valence-electron chi connectivity index (χ2n) is 5.76. The second-order valence-corrected chi connectivity index (χ2v) is 5.76. The number of unbranched alkanes of at least 4 members (excludes halogenated alkanes) is 2. The minimum atomic E-state index is -0.831. The highest BCUT2D eigenvalue weighted by atomic mass is 16.6. The standard InChI is InChI=1S/C16H32O5/c1-5-7-9-19-14-12(3)16(17)21-13(11-18-4)15(14)20-10-8-6-2/h12-17H,5-11H2,1-4H3. The Kier molecular flexibility index (Phi) is 9.44. The fourth-order valence-corrected chi connectivity index (χ4v) is 2.53. The predicted molar refractivity (Wildman–Crippen MR) is 81.2 cm³/mol. The van der Waals surface area contributed by atoms with Crippen molar-refractivity contribution in [3.63, 3.8) is 0 Å². The summed E-state index contributed by atoms with van der Waals surface area (Å²) in [4.78, 5) is 0. The zero-order valence-corrected chi connectivity index (χ0v) is 13.9. The van der Waals surface area contributed by atoms with Crippen LogP contribution in [0.15, 0.2) is 0 Å². The maximum absolute atomic E-state index is 10.1. The van der Waals surface area contributed by atoms with Gasteiger partial charge in [-0.1, -0.05) is 33.6 Å². The number of methoxy groups -OCH3 is 1. The molecule has 5 atom stereocenters. The van der Waals surface area contributed by atoms with Crippen molar-refractivity contribution in [2.75, 3.05) is 26.9 Å². The first kappa shape index (κ1) is 18.8. The minimum Gasteiger partial charge on any atom is -0.382 e. The van der Waals surface area contributed by atoms with E-state index in [9.17, 15) is 5.11 Å². The van der Waals surface area contributed by atoms with Crippen LogP contribution in [0.4, 0.5) is 0 Å². The summed E-state index contributed by atoms with van der Waals surface area (Å²) in [5.41, 5.74) is 0. The first-order chi connectivity index (χ1) is 10.2. The topological polar surface area (TPSA) is 57.2 Å². The van der Waals surface area contributed by atoms with Gasteiger partial charge in [-0.3, -0.25) is 0 Å². The molecule has 0 amide bonds. The van der Waals surface area contributed by atoms with E-state index in [1.54, 1.807) is 7.11 Å². The van der Waals surface area contributed by atoms with E-state index in [4.69, 9.17) is 18.9 Å². The van der Waals surface area contributed by atoms with Gasteiger partial charge >= 0.3 is 0 Å². The number of rotatable bonds is 10. The number of hydrogen-bond donors (Lipinski definition) is 1. The quantitative estimate of drug-likeness (QED) is 0.628. The zero-order valence-electron chi connectivity index (χ0n) is 13.9. The molecule has 1 heterocycles. The summed E-state index contributed by atoms with van der Waals surface area (Å²) in [6, 6.07) is 0. The van der Waals surface area contributed by atoms with Gasteiger partial charge in [0.25, 0.3) is 0 Å². The Morgan fingerprint density at radius 3 is 2.10 bits per heavy atom. The molecular formula is C16H32O5. The molecule has 1 fully saturated rings. The highest BCUT2D eigenvalue weighted by Crippen LogP contribution is 2.29. The smallest absolute Gasteiger partial charge is 0.160 e. The molecule has 1 saturated heterocycles. The summed E-state index contributed by atoms with van der Waals surface area (Å²) in [6.45, 7) is 7.98. The lowest BCUT2D eigenvalue weighted by Gasteiger charge is -2.43. The molecule has 126 valence electrons. The Balaban J connectivity index is 2.70. The zero-order chi connectivity index (χ0) is 15.7.